The van der Waals surface area contributed by atoms with Crippen LogP contribution in [0.2, 0.25) is 0 Å². The van der Waals surface area contributed by atoms with E-state index in [0.29, 0.717) is 12.6 Å². The van der Waals surface area contributed by atoms with Crippen LogP contribution in [0.25, 0.3) is 0 Å². The number of likely N-dealkylation sites (tertiary alicyclic amines) is 1. The molecule has 102 valence electrons. The molecule has 0 unspecified atom stereocenters. The second kappa shape index (κ2) is 9.83. The van der Waals surface area contributed by atoms with Crippen molar-refractivity contribution in [2.75, 3.05) is 46.0 Å². The van der Waals surface area contributed by atoms with Crippen LogP contribution in [0.15, 0.2) is 0 Å². The van der Waals surface area contributed by atoms with Gasteiger partial charge in [0.05, 0.1) is 13.2 Å². The lowest BCUT2D eigenvalue weighted by Gasteiger charge is -2.32. The van der Waals surface area contributed by atoms with E-state index in [2.05, 4.69) is 17.1 Å². The summed E-state index contributed by atoms with van der Waals surface area (Å²) in [4.78, 5) is 2.56. The van der Waals surface area contributed by atoms with Gasteiger partial charge in [0.1, 0.15) is 0 Å². The minimum absolute atomic E-state index is 0.128. The Morgan fingerprint density at radius 1 is 1.29 bits per heavy atom. The van der Waals surface area contributed by atoms with Crippen molar-refractivity contribution < 1.29 is 9.84 Å². The topological polar surface area (TPSA) is 44.7 Å². The van der Waals surface area contributed by atoms with Crippen molar-refractivity contribution in [3.05, 3.63) is 0 Å². The number of ether oxygens (including phenoxy) is 1. The van der Waals surface area contributed by atoms with Crippen LogP contribution in [0, 0.1) is 0 Å². The average Bonchev–Trinajstić information content (AvgIpc) is 2.36. The molecule has 2 N–H and O–H groups in total. The van der Waals surface area contributed by atoms with Gasteiger partial charge in [0, 0.05) is 12.6 Å². The van der Waals surface area contributed by atoms with E-state index >= 15 is 0 Å². The molecule has 4 heteroatoms. The van der Waals surface area contributed by atoms with E-state index < -0.39 is 0 Å². The van der Waals surface area contributed by atoms with Gasteiger partial charge in [-0.3, -0.25) is 0 Å². The number of nitrogens with zero attached hydrogens (tertiary/aromatic N) is 1. The fourth-order valence-corrected chi connectivity index (χ4v) is 2.32. The van der Waals surface area contributed by atoms with Gasteiger partial charge in [0.15, 0.2) is 0 Å². The third-order valence-electron chi connectivity index (χ3n) is 3.26. The van der Waals surface area contributed by atoms with Crippen LogP contribution in [-0.2, 0) is 4.74 Å². The molecule has 1 heterocycles. The van der Waals surface area contributed by atoms with Crippen LogP contribution < -0.4 is 5.32 Å². The molecular weight excluding hydrogens is 216 g/mol. The van der Waals surface area contributed by atoms with Crippen molar-refractivity contribution in [2.45, 2.75) is 38.6 Å². The third-order valence-corrected chi connectivity index (χ3v) is 3.26. The van der Waals surface area contributed by atoms with Crippen LogP contribution in [0.3, 0.4) is 0 Å². The predicted molar refractivity (Wildman–Crippen MR) is 70.3 cm³/mol. The van der Waals surface area contributed by atoms with E-state index in [1.165, 1.54) is 38.9 Å². The van der Waals surface area contributed by atoms with Crippen molar-refractivity contribution in [3.8, 4) is 0 Å². The zero-order valence-corrected chi connectivity index (χ0v) is 11.2. The molecule has 0 spiro atoms. The van der Waals surface area contributed by atoms with Gasteiger partial charge in [-0.1, -0.05) is 6.92 Å². The molecule has 1 rings (SSSR count). The molecule has 0 radical (unpaired) electrons. The minimum atomic E-state index is 0.128. The van der Waals surface area contributed by atoms with E-state index in [9.17, 15) is 0 Å². The van der Waals surface area contributed by atoms with Crippen LogP contribution in [-0.4, -0.2) is 62.0 Å². The molecule has 17 heavy (non-hydrogen) atoms. The van der Waals surface area contributed by atoms with Crippen molar-refractivity contribution in [3.63, 3.8) is 0 Å². The fraction of sp³-hybridized carbons (Fsp3) is 1.00. The molecule has 0 aromatic heterocycles. The van der Waals surface area contributed by atoms with E-state index in [-0.39, 0.29) is 6.61 Å². The molecule has 1 aliphatic heterocycles. The summed E-state index contributed by atoms with van der Waals surface area (Å²) in [6.45, 7) is 8.36. The van der Waals surface area contributed by atoms with Crippen LogP contribution in [0.4, 0.5) is 0 Å². The van der Waals surface area contributed by atoms with Gasteiger partial charge in [-0.2, -0.15) is 0 Å². The SMILES string of the molecule is CCCN1CCC(NCCCOCCO)CC1. The first kappa shape index (κ1) is 14.9. The standard InChI is InChI=1S/C13H28N2O2/c1-2-7-15-8-4-13(5-9-15)14-6-3-11-17-12-10-16/h13-14,16H,2-12H2,1H3. The van der Waals surface area contributed by atoms with Crippen molar-refractivity contribution in [1.82, 2.24) is 10.2 Å². The van der Waals surface area contributed by atoms with Gasteiger partial charge >= 0.3 is 0 Å². The van der Waals surface area contributed by atoms with Crippen molar-refractivity contribution >= 4 is 0 Å². The van der Waals surface area contributed by atoms with Gasteiger partial charge in [0.25, 0.3) is 0 Å². The molecule has 1 saturated heterocycles. The second-order valence-electron chi connectivity index (χ2n) is 4.76. The highest BCUT2D eigenvalue weighted by Crippen LogP contribution is 2.10. The van der Waals surface area contributed by atoms with E-state index in [1.807, 2.05) is 0 Å². The summed E-state index contributed by atoms with van der Waals surface area (Å²) in [5.74, 6) is 0. The molecular formula is C13H28N2O2. The minimum Gasteiger partial charge on any atom is -0.394 e. The first-order valence-electron chi connectivity index (χ1n) is 7.01. The summed E-state index contributed by atoms with van der Waals surface area (Å²) in [5, 5.41) is 12.1. The molecule has 0 aliphatic carbocycles. The maximum atomic E-state index is 8.55. The number of hydrogen-bond acceptors (Lipinski definition) is 4. The quantitative estimate of drug-likeness (QED) is 0.590. The normalized spacial score (nSPS) is 18.7. The largest absolute Gasteiger partial charge is 0.394 e. The lowest BCUT2D eigenvalue weighted by atomic mass is 10.0. The molecule has 4 nitrogen and oxygen atoms in total. The molecule has 0 aromatic rings. The Kier molecular flexibility index (Phi) is 8.61. The number of nitrogens with one attached hydrogen (secondary N) is 1. The third kappa shape index (κ3) is 6.99. The molecule has 1 fully saturated rings. The number of aliphatic hydroxyl groups is 1. The van der Waals surface area contributed by atoms with Crippen LogP contribution in [0.1, 0.15) is 32.6 Å². The number of rotatable bonds is 9. The lowest BCUT2D eigenvalue weighted by molar-refractivity contribution is 0.0897. The average molecular weight is 244 g/mol. The first-order valence-corrected chi connectivity index (χ1v) is 7.01. The Morgan fingerprint density at radius 3 is 2.71 bits per heavy atom. The van der Waals surface area contributed by atoms with Crippen molar-refractivity contribution in [1.29, 1.82) is 0 Å². The van der Waals surface area contributed by atoms with Gasteiger partial charge in [-0.05, 0) is 51.9 Å². The lowest BCUT2D eigenvalue weighted by Crippen LogP contribution is -2.43. The summed E-state index contributed by atoms with van der Waals surface area (Å²) in [7, 11) is 0. The number of hydrogen-bond donors (Lipinski definition) is 2. The smallest absolute Gasteiger partial charge is 0.0697 e. The summed E-state index contributed by atoms with van der Waals surface area (Å²) in [6.07, 6.45) is 4.85. The Morgan fingerprint density at radius 2 is 2.06 bits per heavy atom. The second-order valence-corrected chi connectivity index (χ2v) is 4.76. The van der Waals surface area contributed by atoms with Crippen molar-refractivity contribution in [2.24, 2.45) is 0 Å². The Balaban J connectivity index is 1.91. The molecule has 0 aromatic carbocycles. The molecule has 0 atom stereocenters. The first-order chi connectivity index (χ1) is 8.36. The highest BCUT2D eigenvalue weighted by Gasteiger charge is 2.17. The summed E-state index contributed by atoms with van der Waals surface area (Å²) in [6, 6.07) is 0.695. The summed E-state index contributed by atoms with van der Waals surface area (Å²) >= 11 is 0. The zero-order chi connectivity index (χ0) is 12.3. The van der Waals surface area contributed by atoms with E-state index in [0.717, 1.165) is 19.6 Å². The fourth-order valence-electron chi connectivity index (χ4n) is 2.32. The Hall–Kier alpha value is -0.160. The zero-order valence-electron chi connectivity index (χ0n) is 11.2. The Bertz CT molecular complexity index is 171. The highest BCUT2D eigenvalue weighted by molar-refractivity contribution is 4.76. The number of piperidine rings is 1. The van der Waals surface area contributed by atoms with Gasteiger partial charge < -0.3 is 20.1 Å². The van der Waals surface area contributed by atoms with Gasteiger partial charge in [0.2, 0.25) is 0 Å². The molecule has 0 bridgehead atoms. The van der Waals surface area contributed by atoms with Crippen LogP contribution in [0.5, 0.6) is 0 Å². The molecule has 1 aliphatic rings. The summed E-state index contributed by atoms with van der Waals surface area (Å²) < 4.78 is 5.22. The molecule has 0 saturated carbocycles. The van der Waals surface area contributed by atoms with Crippen LogP contribution >= 0.6 is 0 Å². The summed E-state index contributed by atoms with van der Waals surface area (Å²) in [5.41, 5.74) is 0. The monoisotopic (exact) mass is 244 g/mol. The predicted octanol–water partition coefficient (Wildman–Crippen LogP) is 0.849. The van der Waals surface area contributed by atoms with E-state index in [4.69, 9.17) is 9.84 Å². The number of aliphatic hydroxyl groups excluding tert-OH is 1. The van der Waals surface area contributed by atoms with Gasteiger partial charge in [-0.15, -0.1) is 0 Å². The molecule has 0 amide bonds. The Labute approximate surface area is 105 Å². The maximum absolute atomic E-state index is 8.55. The van der Waals surface area contributed by atoms with E-state index in [1.54, 1.807) is 0 Å². The maximum Gasteiger partial charge on any atom is 0.0697 e. The van der Waals surface area contributed by atoms with Gasteiger partial charge in [-0.25, -0.2) is 0 Å². The highest BCUT2D eigenvalue weighted by atomic mass is 16.5.